The van der Waals surface area contributed by atoms with Gasteiger partial charge < -0.3 is 11.1 Å². The van der Waals surface area contributed by atoms with Crippen LogP contribution in [-0.2, 0) is 0 Å². The van der Waals surface area contributed by atoms with Gasteiger partial charge in [0.2, 0.25) is 5.95 Å². The topological polar surface area (TPSA) is 80.9 Å². The van der Waals surface area contributed by atoms with Crippen LogP contribution in [0.5, 0.6) is 0 Å². The molecule has 0 aliphatic rings. The van der Waals surface area contributed by atoms with Gasteiger partial charge in [-0.1, -0.05) is 23.2 Å². The number of nitrogens with two attached hydrogens (primary N) is 1. The van der Waals surface area contributed by atoms with Crippen molar-refractivity contribution in [2.45, 2.75) is 6.18 Å². The Morgan fingerprint density at radius 3 is 2.62 bits per heavy atom. The van der Waals surface area contributed by atoms with Gasteiger partial charge in [-0.15, -0.1) is 11.3 Å². The molecule has 0 bridgehead atoms. The fourth-order valence-electron chi connectivity index (χ4n) is 2.20. The van der Waals surface area contributed by atoms with Gasteiger partial charge in [0, 0.05) is 16.0 Å². The minimum absolute atomic E-state index is 0.0514. The number of hydrogen-bond donors (Lipinski definition) is 2. The first-order valence-electron chi connectivity index (χ1n) is 7.01. The molecule has 26 heavy (non-hydrogen) atoms. The van der Waals surface area contributed by atoms with E-state index in [1.165, 1.54) is 12.1 Å². The molecule has 0 atom stereocenters. The Morgan fingerprint density at radius 1 is 1.23 bits per heavy atom. The fraction of sp³-hybridized carbons (Fsp3) is 0.133. The van der Waals surface area contributed by atoms with Gasteiger partial charge in [-0.25, -0.2) is 9.97 Å². The Kier molecular flexibility index (Phi) is 4.96. The third-order valence-corrected chi connectivity index (χ3v) is 4.84. The highest BCUT2D eigenvalue weighted by Gasteiger charge is 2.28. The van der Waals surface area contributed by atoms with Gasteiger partial charge in [0.1, 0.15) is 11.4 Å². The Balaban J connectivity index is 2.06. The minimum Gasteiger partial charge on any atom is -0.368 e. The second kappa shape index (κ2) is 6.90. The van der Waals surface area contributed by atoms with Crippen LogP contribution in [-0.4, -0.2) is 28.6 Å². The number of carbonyl (C=O) groups excluding carboxylic acids is 1. The highest BCUT2D eigenvalue weighted by molar-refractivity contribution is 7.20. The standard InChI is InChI=1S/C15H9Cl2F3N4OS/c16-6-1-2-7(9(17)3-6)11-8-4-10(12(25)22-5-15(18,19)20)26-13(8)24-14(21)23-11/h1-4H,5H2,(H,22,25)(H2,21,23,24). The monoisotopic (exact) mass is 420 g/mol. The van der Waals surface area contributed by atoms with Crippen molar-refractivity contribution in [1.29, 1.82) is 0 Å². The molecule has 3 rings (SSSR count). The third-order valence-electron chi connectivity index (χ3n) is 3.27. The summed E-state index contributed by atoms with van der Waals surface area (Å²) in [4.78, 5) is 20.6. The van der Waals surface area contributed by atoms with E-state index >= 15 is 0 Å². The zero-order chi connectivity index (χ0) is 19.1. The van der Waals surface area contributed by atoms with Crippen molar-refractivity contribution in [3.8, 4) is 11.3 Å². The molecule has 0 saturated heterocycles. The zero-order valence-corrected chi connectivity index (χ0v) is 15.0. The minimum atomic E-state index is -4.50. The lowest BCUT2D eigenvalue weighted by molar-refractivity contribution is -0.123. The number of anilines is 1. The number of nitrogen functional groups attached to an aromatic ring is 1. The van der Waals surface area contributed by atoms with E-state index in [1.54, 1.807) is 12.1 Å². The summed E-state index contributed by atoms with van der Waals surface area (Å²) in [7, 11) is 0. The molecule has 5 nitrogen and oxygen atoms in total. The zero-order valence-electron chi connectivity index (χ0n) is 12.7. The molecule has 136 valence electrons. The number of fused-ring (bicyclic) bond motifs is 1. The lowest BCUT2D eigenvalue weighted by Gasteiger charge is -2.06. The van der Waals surface area contributed by atoms with E-state index in [-0.39, 0.29) is 10.8 Å². The van der Waals surface area contributed by atoms with Crippen LogP contribution >= 0.6 is 34.5 Å². The number of hydrogen-bond acceptors (Lipinski definition) is 5. The summed E-state index contributed by atoms with van der Waals surface area (Å²) in [6.45, 7) is -1.43. The van der Waals surface area contributed by atoms with E-state index in [0.29, 0.717) is 31.5 Å². The summed E-state index contributed by atoms with van der Waals surface area (Å²) >= 11 is 13.0. The van der Waals surface area contributed by atoms with Crippen molar-refractivity contribution in [3.63, 3.8) is 0 Å². The lowest BCUT2D eigenvalue weighted by Crippen LogP contribution is -2.33. The maximum atomic E-state index is 12.3. The van der Waals surface area contributed by atoms with Crippen molar-refractivity contribution in [2.75, 3.05) is 12.3 Å². The van der Waals surface area contributed by atoms with Crippen molar-refractivity contribution in [1.82, 2.24) is 15.3 Å². The van der Waals surface area contributed by atoms with Gasteiger partial charge in [-0.05, 0) is 24.3 Å². The predicted octanol–water partition coefficient (Wildman–Crippen LogP) is 4.54. The van der Waals surface area contributed by atoms with Gasteiger partial charge in [-0.3, -0.25) is 4.79 Å². The number of rotatable bonds is 3. The summed E-state index contributed by atoms with van der Waals surface area (Å²) in [5, 5.41) is 3.00. The summed E-state index contributed by atoms with van der Waals surface area (Å²) in [5.74, 6) is -0.917. The average molecular weight is 421 g/mol. The van der Waals surface area contributed by atoms with Gasteiger partial charge >= 0.3 is 6.18 Å². The summed E-state index contributed by atoms with van der Waals surface area (Å²) in [6.07, 6.45) is -4.50. The number of thiophene rings is 1. The number of alkyl halides is 3. The Bertz CT molecular complexity index is 1010. The first-order chi connectivity index (χ1) is 12.1. The number of nitrogens with zero attached hydrogens (tertiary/aromatic N) is 2. The molecule has 0 spiro atoms. The first kappa shape index (κ1) is 18.7. The number of nitrogens with one attached hydrogen (secondary N) is 1. The third kappa shape index (κ3) is 4.00. The fourth-order valence-corrected chi connectivity index (χ4v) is 3.66. The van der Waals surface area contributed by atoms with Crippen LogP contribution in [0.15, 0.2) is 24.3 Å². The van der Waals surface area contributed by atoms with E-state index < -0.39 is 18.6 Å². The van der Waals surface area contributed by atoms with E-state index in [9.17, 15) is 18.0 Å². The molecular weight excluding hydrogens is 412 g/mol. The first-order valence-corrected chi connectivity index (χ1v) is 8.59. The normalized spacial score (nSPS) is 11.7. The summed E-state index contributed by atoms with van der Waals surface area (Å²) < 4.78 is 36.8. The number of carbonyl (C=O) groups is 1. The van der Waals surface area contributed by atoms with Gasteiger partial charge in [0.25, 0.3) is 5.91 Å². The molecule has 3 aromatic rings. The molecular formula is C15H9Cl2F3N4OS. The van der Waals surface area contributed by atoms with E-state index in [4.69, 9.17) is 28.9 Å². The van der Waals surface area contributed by atoms with Crippen molar-refractivity contribution in [2.24, 2.45) is 0 Å². The SMILES string of the molecule is Nc1nc(-c2ccc(Cl)cc2Cl)c2cc(C(=O)NCC(F)(F)F)sc2n1. The predicted molar refractivity (Wildman–Crippen MR) is 95.7 cm³/mol. The largest absolute Gasteiger partial charge is 0.405 e. The molecule has 2 heterocycles. The lowest BCUT2D eigenvalue weighted by atomic mass is 10.1. The van der Waals surface area contributed by atoms with Crippen LogP contribution < -0.4 is 11.1 Å². The Hall–Kier alpha value is -2.10. The quantitative estimate of drug-likeness (QED) is 0.651. The molecule has 1 aromatic carbocycles. The number of halogens is 5. The van der Waals surface area contributed by atoms with Crippen molar-refractivity contribution in [3.05, 3.63) is 39.2 Å². The van der Waals surface area contributed by atoms with Crippen molar-refractivity contribution < 1.29 is 18.0 Å². The Labute approximate surface area is 158 Å². The number of aromatic nitrogens is 2. The summed E-state index contributed by atoms with van der Waals surface area (Å²) in [6, 6.07) is 6.17. The van der Waals surface area contributed by atoms with Crippen LogP contribution in [0.1, 0.15) is 9.67 Å². The number of benzene rings is 1. The van der Waals surface area contributed by atoms with E-state index in [1.807, 2.05) is 5.32 Å². The average Bonchev–Trinajstić information content (AvgIpc) is 2.95. The molecule has 0 saturated carbocycles. The van der Waals surface area contributed by atoms with E-state index in [2.05, 4.69) is 9.97 Å². The second-order valence-electron chi connectivity index (χ2n) is 5.18. The van der Waals surface area contributed by atoms with Crippen LogP contribution in [0.25, 0.3) is 21.5 Å². The van der Waals surface area contributed by atoms with Crippen LogP contribution in [0, 0.1) is 0 Å². The van der Waals surface area contributed by atoms with Crippen LogP contribution in [0.3, 0.4) is 0 Å². The molecule has 0 aliphatic heterocycles. The highest BCUT2D eigenvalue weighted by atomic mass is 35.5. The maximum Gasteiger partial charge on any atom is 0.405 e. The van der Waals surface area contributed by atoms with Gasteiger partial charge in [0.05, 0.1) is 15.6 Å². The molecule has 3 N–H and O–H groups in total. The summed E-state index contributed by atoms with van der Waals surface area (Å²) in [5.41, 5.74) is 6.58. The molecule has 2 aromatic heterocycles. The molecule has 0 unspecified atom stereocenters. The molecule has 0 aliphatic carbocycles. The van der Waals surface area contributed by atoms with Crippen molar-refractivity contribution >= 4 is 56.6 Å². The van der Waals surface area contributed by atoms with Crippen LogP contribution in [0.4, 0.5) is 19.1 Å². The molecule has 0 fully saturated rings. The number of amides is 1. The maximum absolute atomic E-state index is 12.3. The highest BCUT2D eigenvalue weighted by Crippen LogP contribution is 2.36. The van der Waals surface area contributed by atoms with Crippen LogP contribution in [0.2, 0.25) is 10.0 Å². The van der Waals surface area contributed by atoms with Gasteiger partial charge in [0.15, 0.2) is 0 Å². The smallest absolute Gasteiger partial charge is 0.368 e. The molecule has 11 heteroatoms. The van der Waals surface area contributed by atoms with E-state index in [0.717, 1.165) is 11.3 Å². The Morgan fingerprint density at radius 2 is 1.96 bits per heavy atom. The molecule has 0 radical (unpaired) electrons. The second-order valence-corrected chi connectivity index (χ2v) is 7.06. The van der Waals surface area contributed by atoms with Gasteiger partial charge in [-0.2, -0.15) is 13.2 Å². The molecule has 1 amide bonds.